The van der Waals surface area contributed by atoms with Crippen LogP contribution in [0.5, 0.6) is 0 Å². The highest BCUT2D eigenvalue weighted by atomic mass is 32.2. The largest absolute Gasteiger partial charge is 0.326 e. The molecule has 6 nitrogen and oxygen atoms in total. The van der Waals surface area contributed by atoms with E-state index in [-0.39, 0.29) is 5.91 Å². The maximum absolute atomic E-state index is 13.4. The molecule has 3 aliphatic rings. The zero-order valence-corrected chi connectivity index (χ0v) is 19.2. The molecule has 0 aromatic heterocycles. The summed E-state index contributed by atoms with van der Waals surface area (Å²) < 4.78 is 28.6. The summed E-state index contributed by atoms with van der Waals surface area (Å²) in [6.45, 7) is 4.09. The van der Waals surface area contributed by atoms with Crippen molar-refractivity contribution < 1.29 is 13.2 Å². The molecule has 5 rings (SSSR count). The lowest BCUT2D eigenvalue weighted by Crippen LogP contribution is -2.44. The molecule has 1 unspecified atom stereocenters. The minimum atomic E-state index is -3.54. The Labute approximate surface area is 190 Å². The normalized spacial score (nSPS) is 22.5. The number of aryl methyl sites for hydroxylation is 1. The molecule has 1 N–H and O–H groups in total. The van der Waals surface area contributed by atoms with E-state index in [1.807, 2.05) is 0 Å². The van der Waals surface area contributed by atoms with Crippen molar-refractivity contribution in [2.24, 2.45) is 5.92 Å². The van der Waals surface area contributed by atoms with Crippen LogP contribution in [0.4, 0.5) is 5.69 Å². The topological polar surface area (TPSA) is 69.7 Å². The van der Waals surface area contributed by atoms with E-state index in [0.29, 0.717) is 30.3 Å². The summed E-state index contributed by atoms with van der Waals surface area (Å²) in [5.41, 5.74) is 4.50. The van der Waals surface area contributed by atoms with Crippen molar-refractivity contribution in [1.82, 2.24) is 9.21 Å². The molecule has 0 radical (unpaired) electrons. The minimum absolute atomic E-state index is 0.00133. The van der Waals surface area contributed by atoms with Gasteiger partial charge in [-0.25, -0.2) is 8.42 Å². The fraction of sp³-hybridized carbons (Fsp3) is 0.480. The Balaban J connectivity index is 1.28. The van der Waals surface area contributed by atoms with Crippen LogP contribution < -0.4 is 5.32 Å². The van der Waals surface area contributed by atoms with E-state index in [0.717, 1.165) is 63.0 Å². The van der Waals surface area contributed by atoms with Gasteiger partial charge in [-0.05, 0) is 72.9 Å². The predicted octanol–water partition coefficient (Wildman–Crippen LogP) is 3.42. The number of fused-ring (bicyclic) bond motifs is 2. The van der Waals surface area contributed by atoms with Crippen molar-refractivity contribution in [2.75, 3.05) is 31.5 Å². The molecule has 3 aliphatic heterocycles. The Morgan fingerprint density at radius 2 is 1.78 bits per heavy atom. The maximum Gasteiger partial charge on any atom is 0.243 e. The molecule has 170 valence electrons. The van der Waals surface area contributed by atoms with Gasteiger partial charge in [0, 0.05) is 44.8 Å². The van der Waals surface area contributed by atoms with Gasteiger partial charge in [0.25, 0.3) is 0 Å². The minimum Gasteiger partial charge on any atom is -0.326 e. The second-order valence-electron chi connectivity index (χ2n) is 9.35. The Kier molecular flexibility index (Phi) is 6.05. The van der Waals surface area contributed by atoms with E-state index in [4.69, 9.17) is 0 Å². The van der Waals surface area contributed by atoms with Crippen molar-refractivity contribution in [3.63, 3.8) is 0 Å². The van der Waals surface area contributed by atoms with Gasteiger partial charge in [-0.1, -0.05) is 24.3 Å². The molecule has 1 fully saturated rings. The van der Waals surface area contributed by atoms with E-state index < -0.39 is 10.0 Å². The number of hydrogen-bond donors (Lipinski definition) is 1. The van der Waals surface area contributed by atoms with Gasteiger partial charge in [-0.3, -0.25) is 9.69 Å². The number of carbonyl (C=O) groups excluding carboxylic acids is 1. The quantitative estimate of drug-likeness (QED) is 0.770. The molecule has 0 spiro atoms. The molecular formula is C25H31N3O3S. The molecule has 3 heterocycles. The summed E-state index contributed by atoms with van der Waals surface area (Å²) in [7, 11) is -3.54. The maximum atomic E-state index is 13.4. The van der Waals surface area contributed by atoms with Crippen LogP contribution in [0.25, 0.3) is 0 Å². The zero-order valence-electron chi connectivity index (χ0n) is 18.4. The van der Waals surface area contributed by atoms with Crippen LogP contribution >= 0.6 is 0 Å². The lowest BCUT2D eigenvalue weighted by atomic mass is 9.95. The Morgan fingerprint density at radius 1 is 0.938 bits per heavy atom. The molecule has 7 heteroatoms. The van der Waals surface area contributed by atoms with Crippen LogP contribution in [0.1, 0.15) is 42.4 Å². The van der Waals surface area contributed by atoms with E-state index in [1.54, 1.807) is 22.5 Å². The first-order valence-electron chi connectivity index (χ1n) is 11.7. The van der Waals surface area contributed by atoms with Gasteiger partial charge in [0.1, 0.15) is 0 Å². The number of piperidine rings is 1. The van der Waals surface area contributed by atoms with Gasteiger partial charge in [-0.2, -0.15) is 4.31 Å². The van der Waals surface area contributed by atoms with Crippen LogP contribution in [0.2, 0.25) is 0 Å². The summed E-state index contributed by atoms with van der Waals surface area (Å²) >= 11 is 0. The van der Waals surface area contributed by atoms with Gasteiger partial charge >= 0.3 is 0 Å². The summed E-state index contributed by atoms with van der Waals surface area (Å²) in [6, 6.07) is 13.8. The van der Waals surface area contributed by atoms with Gasteiger partial charge in [0.15, 0.2) is 0 Å². The first-order chi connectivity index (χ1) is 15.5. The number of benzene rings is 2. The lowest BCUT2D eigenvalue weighted by molar-refractivity contribution is -0.116. The standard InChI is InChI=1S/C25H31N3O3S/c29-25-9-3-8-21-15-23(10-11-24(21)26-25)32(30,31)28-13-4-5-19(17-28)16-27-14-12-20-6-1-2-7-22(20)18-27/h1-2,6-7,10-11,15,19H,3-5,8-9,12-14,16-18H2,(H,26,29). The number of nitrogens with zero attached hydrogens (tertiary/aromatic N) is 2. The fourth-order valence-electron chi connectivity index (χ4n) is 5.33. The fourth-order valence-corrected chi connectivity index (χ4v) is 6.94. The highest BCUT2D eigenvalue weighted by Crippen LogP contribution is 2.30. The molecule has 0 bridgehead atoms. The summed E-state index contributed by atoms with van der Waals surface area (Å²) in [5.74, 6) is 0.350. The van der Waals surface area contributed by atoms with Crippen LogP contribution in [-0.4, -0.2) is 49.7 Å². The number of hydrogen-bond acceptors (Lipinski definition) is 4. The Hall–Kier alpha value is -2.22. The Morgan fingerprint density at radius 3 is 2.66 bits per heavy atom. The third kappa shape index (κ3) is 4.47. The first kappa shape index (κ1) is 21.6. The van der Waals surface area contributed by atoms with Crippen molar-refractivity contribution in [3.8, 4) is 0 Å². The van der Waals surface area contributed by atoms with E-state index in [2.05, 4.69) is 34.5 Å². The number of amides is 1. The van der Waals surface area contributed by atoms with Gasteiger partial charge in [-0.15, -0.1) is 0 Å². The molecular weight excluding hydrogens is 422 g/mol. The number of rotatable bonds is 4. The smallest absolute Gasteiger partial charge is 0.243 e. The SMILES string of the molecule is O=C1CCCc2cc(S(=O)(=O)N3CCCC(CN4CCc5ccccc5C4)C3)ccc2N1. The number of carbonyl (C=O) groups is 1. The molecule has 1 amide bonds. The number of nitrogens with one attached hydrogen (secondary N) is 1. The molecule has 0 aliphatic carbocycles. The lowest BCUT2D eigenvalue weighted by Gasteiger charge is -2.36. The van der Waals surface area contributed by atoms with Gasteiger partial charge < -0.3 is 5.32 Å². The van der Waals surface area contributed by atoms with Crippen molar-refractivity contribution in [2.45, 2.75) is 50.0 Å². The predicted molar refractivity (Wildman–Crippen MR) is 125 cm³/mol. The van der Waals surface area contributed by atoms with E-state index in [1.165, 1.54) is 11.1 Å². The van der Waals surface area contributed by atoms with Crippen LogP contribution in [0.3, 0.4) is 0 Å². The van der Waals surface area contributed by atoms with Crippen LogP contribution in [-0.2, 0) is 34.2 Å². The second kappa shape index (κ2) is 8.96. The van der Waals surface area contributed by atoms with Gasteiger partial charge in [0.05, 0.1) is 4.90 Å². The number of anilines is 1. The summed E-state index contributed by atoms with van der Waals surface area (Å²) in [5, 5.41) is 2.89. The first-order valence-corrected chi connectivity index (χ1v) is 13.1. The summed E-state index contributed by atoms with van der Waals surface area (Å²) in [6.07, 6.45) is 4.97. The molecule has 0 saturated carbocycles. The average Bonchev–Trinajstić information content (AvgIpc) is 2.99. The third-order valence-electron chi connectivity index (χ3n) is 7.05. The number of sulfonamides is 1. The van der Waals surface area contributed by atoms with Crippen molar-refractivity contribution >= 4 is 21.6 Å². The highest BCUT2D eigenvalue weighted by molar-refractivity contribution is 7.89. The molecule has 1 saturated heterocycles. The highest BCUT2D eigenvalue weighted by Gasteiger charge is 2.32. The molecule has 32 heavy (non-hydrogen) atoms. The third-order valence-corrected chi connectivity index (χ3v) is 8.91. The van der Waals surface area contributed by atoms with Crippen LogP contribution in [0.15, 0.2) is 47.4 Å². The van der Waals surface area contributed by atoms with Gasteiger partial charge in [0.2, 0.25) is 15.9 Å². The Bertz CT molecular complexity index is 1120. The zero-order chi connectivity index (χ0) is 22.1. The van der Waals surface area contributed by atoms with E-state index >= 15 is 0 Å². The molecule has 2 aromatic rings. The van der Waals surface area contributed by atoms with Crippen molar-refractivity contribution in [1.29, 1.82) is 0 Å². The average molecular weight is 454 g/mol. The second-order valence-corrected chi connectivity index (χ2v) is 11.3. The summed E-state index contributed by atoms with van der Waals surface area (Å²) in [4.78, 5) is 14.6. The molecule has 2 aromatic carbocycles. The van der Waals surface area contributed by atoms with Crippen LogP contribution in [0, 0.1) is 5.92 Å². The monoisotopic (exact) mass is 453 g/mol. The van der Waals surface area contributed by atoms with E-state index in [9.17, 15) is 13.2 Å². The van der Waals surface area contributed by atoms with Crippen molar-refractivity contribution in [3.05, 3.63) is 59.2 Å². The molecule has 1 atom stereocenters.